The molecule has 9 heteroatoms. The zero-order chi connectivity index (χ0) is 16.7. The third-order valence-corrected chi connectivity index (χ3v) is 4.64. The van der Waals surface area contributed by atoms with Crippen LogP contribution in [0.15, 0.2) is 22.8 Å². The van der Waals surface area contributed by atoms with Gasteiger partial charge < -0.3 is 34.9 Å². The first kappa shape index (κ1) is 17.0. The van der Waals surface area contributed by atoms with Gasteiger partial charge in [-0.3, -0.25) is 0 Å². The summed E-state index contributed by atoms with van der Waals surface area (Å²) in [6.45, 7) is -0.527. The lowest BCUT2D eigenvalue weighted by Gasteiger charge is -2.39. The molecule has 1 aromatic heterocycles. The van der Waals surface area contributed by atoms with Gasteiger partial charge in [0.1, 0.15) is 29.0 Å². The fourth-order valence-electron chi connectivity index (χ4n) is 2.54. The third-order valence-electron chi connectivity index (χ3n) is 3.77. The topological polar surface area (TPSA) is 115 Å². The van der Waals surface area contributed by atoms with Crippen LogP contribution in [0.1, 0.15) is 0 Å². The monoisotopic (exact) mass is 407 g/mol. The maximum absolute atomic E-state index is 10.1. The van der Waals surface area contributed by atoms with Crippen molar-refractivity contribution in [3.63, 3.8) is 0 Å². The van der Waals surface area contributed by atoms with Crippen LogP contribution in [0.4, 0.5) is 0 Å². The van der Waals surface area contributed by atoms with Crippen LogP contribution in [-0.4, -0.2) is 62.7 Å². The van der Waals surface area contributed by atoms with Crippen molar-refractivity contribution in [2.45, 2.75) is 30.7 Å². The van der Waals surface area contributed by atoms with E-state index in [9.17, 15) is 20.4 Å². The number of aromatic amines is 1. The highest BCUT2D eigenvalue weighted by Gasteiger charge is 2.45. The minimum absolute atomic E-state index is 0.301. The van der Waals surface area contributed by atoms with Crippen LogP contribution < -0.4 is 4.74 Å². The summed E-state index contributed by atoms with van der Waals surface area (Å²) < 4.78 is 11.5. The van der Waals surface area contributed by atoms with Gasteiger partial charge in [0.15, 0.2) is 5.75 Å². The number of H-pyrrole nitrogens is 1. The number of nitrogens with one attached hydrogen (secondary N) is 1. The van der Waals surface area contributed by atoms with Gasteiger partial charge in [0.2, 0.25) is 6.29 Å². The van der Waals surface area contributed by atoms with Crippen LogP contribution in [0.25, 0.3) is 10.9 Å². The number of rotatable bonds is 3. The van der Waals surface area contributed by atoms with Crippen molar-refractivity contribution >= 4 is 38.4 Å². The van der Waals surface area contributed by atoms with Crippen LogP contribution in [0.5, 0.6) is 5.75 Å². The van der Waals surface area contributed by atoms with Gasteiger partial charge in [-0.2, -0.15) is 0 Å². The molecule has 23 heavy (non-hydrogen) atoms. The van der Waals surface area contributed by atoms with Crippen molar-refractivity contribution in [3.8, 4) is 5.75 Å². The summed E-state index contributed by atoms with van der Waals surface area (Å²) >= 11 is 9.50. The average Bonchev–Trinajstić information content (AvgIpc) is 2.85. The maximum atomic E-state index is 10.1. The Morgan fingerprint density at radius 1 is 1.22 bits per heavy atom. The number of ether oxygens (including phenoxy) is 2. The molecular formula is C14H15BrClNO6. The molecule has 7 nitrogen and oxygen atoms in total. The molecule has 1 saturated heterocycles. The number of hydrogen-bond acceptors (Lipinski definition) is 6. The second kappa shape index (κ2) is 6.56. The molecule has 1 fully saturated rings. The molecule has 0 radical (unpaired) electrons. The fraction of sp³-hybridized carbons (Fsp3) is 0.429. The molecule has 1 aromatic carbocycles. The van der Waals surface area contributed by atoms with Gasteiger partial charge in [0.25, 0.3) is 0 Å². The summed E-state index contributed by atoms with van der Waals surface area (Å²) in [6, 6.07) is 5.25. The Labute approximate surface area is 144 Å². The van der Waals surface area contributed by atoms with Crippen LogP contribution in [0, 0.1) is 0 Å². The van der Waals surface area contributed by atoms with E-state index in [4.69, 9.17) is 21.1 Å². The Morgan fingerprint density at radius 2 is 1.96 bits per heavy atom. The van der Waals surface area contributed by atoms with Gasteiger partial charge >= 0.3 is 0 Å². The highest BCUT2D eigenvalue weighted by Crippen LogP contribution is 2.39. The third kappa shape index (κ3) is 2.96. The van der Waals surface area contributed by atoms with Crippen molar-refractivity contribution < 1.29 is 29.9 Å². The van der Waals surface area contributed by atoms with Crippen molar-refractivity contribution in [3.05, 3.63) is 27.8 Å². The van der Waals surface area contributed by atoms with E-state index < -0.39 is 37.3 Å². The molecule has 0 unspecified atom stereocenters. The number of halogens is 2. The van der Waals surface area contributed by atoms with Crippen LogP contribution in [0.2, 0.25) is 5.02 Å². The van der Waals surface area contributed by atoms with E-state index >= 15 is 0 Å². The van der Waals surface area contributed by atoms with Gasteiger partial charge in [0.05, 0.1) is 22.5 Å². The molecule has 0 spiro atoms. The van der Waals surface area contributed by atoms with E-state index in [0.29, 0.717) is 26.3 Å². The molecule has 126 valence electrons. The van der Waals surface area contributed by atoms with Gasteiger partial charge in [-0.25, -0.2) is 0 Å². The summed E-state index contributed by atoms with van der Waals surface area (Å²) in [5, 5.41) is 39.9. The van der Waals surface area contributed by atoms with Gasteiger partial charge in [-0.05, 0) is 28.1 Å². The lowest BCUT2D eigenvalue weighted by Crippen LogP contribution is -2.60. The molecule has 5 atom stereocenters. The summed E-state index contributed by atoms with van der Waals surface area (Å²) in [5.74, 6) is 0.301. The molecule has 2 heterocycles. The molecule has 1 aliphatic rings. The van der Waals surface area contributed by atoms with Crippen molar-refractivity contribution in [2.75, 3.05) is 6.61 Å². The van der Waals surface area contributed by atoms with Crippen LogP contribution in [0.3, 0.4) is 0 Å². The summed E-state index contributed by atoms with van der Waals surface area (Å²) in [6.07, 6.45) is -6.77. The molecule has 0 saturated carbocycles. The molecule has 5 N–H and O–H groups in total. The summed E-state index contributed by atoms with van der Waals surface area (Å²) in [4.78, 5) is 3.03. The first-order valence-corrected chi connectivity index (χ1v) is 8.04. The number of aliphatic hydroxyl groups excluding tert-OH is 4. The first-order chi connectivity index (χ1) is 10.9. The first-order valence-electron chi connectivity index (χ1n) is 6.87. The Kier molecular flexibility index (Phi) is 4.84. The summed E-state index contributed by atoms with van der Waals surface area (Å²) in [7, 11) is 0. The Morgan fingerprint density at radius 3 is 2.65 bits per heavy atom. The van der Waals surface area contributed by atoms with E-state index in [1.807, 2.05) is 0 Å². The van der Waals surface area contributed by atoms with Gasteiger partial charge in [-0.1, -0.05) is 17.7 Å². The Bertz CT molecular complexity index is 708. The second-order valence-corrected chi connectivity index (χ2v) is 6.45. The molecular weight excluding hydrogens is 394 g/mol. The summed E-state index contributed by atoms with van der Waals surface area (Å²) in [5.41, 5.74) is 0.712. The van der Waals surface area contributed by atoms with E-state index in [1.165, 1.54) is 0 Å². The van der Waals surface area contributed by atoms with Crippen molar-refractivity contribution in [1.29, 1.82) is 0 Å². The minimum Gasteiger partial charge on any atom is -0.458 e. The van der Waals surface area contributed by atoms with Crippen LogP contribution in [-0.2, 0) is 4.74 Å². The molecule has 1 aliphatic heterocycles. The molecule has 3 rings (SSSR count). The smallest absolute Gasteiger partial charge is 0.229 e. The molecule has 0 amide bonds. The van der Waals surface area contributed by atoms with Crippen LogP contribution >= 0.6 is 27.5 Å². The number of benzene rings is 1. The lowest BCUT2D eigenvalue weighted by atomic mass is 9.99. The Hall–Kier alpha value is -0.870. The Balaban J connectivity index is 1.94. The molecule has 2 aromatic rings. The largest absolute Gasteiger partial charge is 0.458 e. The fourth-order valence-corrected chi connectivity index (χ4v) is 3.30. The van der Waals surface area contributed by atoms with E-state index in [-0.39, 0.29) is 0 Å². The number of hydrogen-bond donors (Lipinski definition) is 5. The SMILES string of the molecule is OC[C@H]1O[C@@H](Oc2c(Br)[nH]c3cccc(Cl)c23)[C@H](O)[C@@H](O)[C@@H]1O. The second-order valence-electron chi connectivity index (χ2n) is 5.25. The quantitative estimate of drug-likeness (QED) is 0.512. The number of aliphatic hydroxyl groups is 4. The zero-order valence-corrected chi connectivity index (χ0v) is 14.0. The predicted molar refractivity (Wildman–Crippen MR) is 85.4 cm³/mol. The standard InChI is InChI=1S/C14H15BrClNO6/c15-13-12(8-5(16)2-1-3-6(8)17-13)23-14-11(21)10(20)9(19)7(4-18)22-14/h1-3,7,9-11,14,17-21H,4H2/t7-,9-,10+,11-,14+/m1/s1. The van der Waals surface area contributed by atoms with E-state index in [0.717, 1.165) is 0 Å². The van der Waals surface area contributed by atoms with Gasteiger partial charge in [0, 0.05) is 0 Å². The predicted octanol–water partition coefficient (Wildman–Crippen LogP) is 0.762. The van der Waals surface area contributed by atoms with Gasteiger partial charge in [-0.15, -0.1) is 0 Å². The van der Waals surface area contributed by atoms with Crippen molar-refractivity contribution in [2.24, 2.45) is 0 Å². The highest BCUT2D eigenvalue weighted by atomic mass is 79.9. The van der Waals surface area contributed by atoms with E-state index in [2.05, 4.69) is 20.9 Å². The molecule has 0 bridgehead atoms. The van der Waals surface area contributed by atoms with E-state index in [1.54, 1.807) is 18.2 Å². The maximum Gasteiger partial charge on any atom is 0.229 e. The zero-order valence-electron chi connectivity index (χ0n) is 11.7. The van der Waals surface area contributed by atoms with Crippen molar-refractivity contribution in [1.82, 2.24) is 4.98 Å². The number of fused-ring (bicyclic) bond motifs is 1. The highest BCUT2D eigenvalue weighted by molar-refractivity contribution is 9.10. The minimum atomic E-state index is -1.51. The normalized spacial score (nSPS) is 31.5. The molecule has 0 aliphatic carbocycles. The lowest BCUT2D eigenvalue weighted by molar-refractivity contribution is -0.277. The number of aromatic nitrogens is 1. The average molecular weight is 409 g/mol.